The summed E-state index contributed by atoms with van der Waals surface area (Å²) in [5.41, 5.74) is 7.60. The summed E-state index contributed by atoms with van der Waals surface area (Å²) in [6, 6.07) is 8.92. The average molecular weight is 390 g/mol. The molecule has 0 amide bonds. The van der Waals surface area contributed by atoms with E-state index in [0.717, 1.165) is 29.9 Å². The van der Waals surface area contributed by atoms with Crippen molar-refractivity contribution in [2.75, 3.05) is 5.73 Å². The van der Waals surface area contributed by atoms with E-state index < -0.39 is 27.0 Å². The summed E-state index contributed by atoms with van der Waals surface area (Å²) in [5.74, 6) is 0.307. The number of nitrogens with zero attached hydrogens (tertiary/aromatic N) is 1. The molecule has 1 saturated carbocycles. The minimum Gasteiger partial charge on any atom is -0.396 e. The first-order valence-corrected chi connectivity index (χ1v) is 10.6. The molecule has 3 rings (SSSR count). The molecule has 0 aliphatic heterocycles. The molecule has 1 fully saturated rings. The fourth-order valence-electron chi connectivity index (χ4n) is 3.92. The molecule has 0 radical (unpaired) electrons. The zero-order chi connectivity index (χ0) is 19.7. The number of benzene rings is 1. The van der Waals surface area contributed by atoms with E-state index in [1.165, 1.54) is 18.9 Å². The molecular formula is C21H28FN3OS. The molecule has 4 nitrogen and oxygen atoms in total. The van der Waals surface area contributed by atoms with Crippen LogP contribution in [0.3, 0.4) is 0 Å². The molecule has 4 N–H and O–H groups in total. The van der Waals surface area contributed by atoms with Crippen molar-refractivity contribution in [2.45, 2.75) is 56.1 Å². The minimum absolute atomic E-state index is 0.129. The number of aromatic nitrogens is 1. The third-order valence-corrected chi connectivity index (χ3v) is 6.96. The van der Waals surface area contributed by atoms with Gasteiger partial charge in [0.2, 0.25) is 0 Å². The van der Waals surface area contributed by atoms with Crippen LogP contribution < -0.4 is 10.9 Å². The predicted octanol–water partition coefficient (Wildman–Crippen LogP) is 4.07. The Morgan fingerprint density at radius 2 is 1.85 bits per heavy atom. The van der Waals surface area contributed by atoms with E-state index >= 15 is 0 Å². The second-order valence-electron chi connectivity index (χ2n) is 8.27. The molecular weight excluding hydrogens is 361 g/mol. The fraction of sp³-hybridized carbons (Fsp3) is 0.476. The van der Waals surface area contributed by atoms with Crippen LogP contribution in [0.4, 0.5) is 10.1 Å². The summed E-state index contributed by atoms with van der Waals surface area (Å²) in [7, 11) is -1.50. The molecule has 2 unspecified atom stereocenters. The Morgan fingerprint density at radius 3 is 2.41 bits per heavy atom. The van der Waals surface area contributed by atoms with Crippen LogP contribution in [0.1, 0.15) is 57.1 Å². The standard InChI is InChI=1S/C21H28FN3OS/c1-20(2,27(24)26)14-21(10-7-15-3-4-15,16-8-11-25-12-9-16)17-5-6-18(22)19(23)13-17/h5-6,8-9,11-13,15H,3-4,7,10,14,23-24H2,1-2H3. The first kappa shape index (κ1) is 20.0. The van der Waals surface area contributed by atoms with Gasteiger partial charge in [0.15, 0.2) is 0 Å². The highest BCUT2D eigenvalue weighted by Crippen LogP contribution is 2.47. The molecule has 1 aromatic heterocycles. The van der Waals surface area contributed by atoms with E-state index in [1.807, 2.05) is 26.0 Å². The molecule has 2 aromatic rings. The van der Waals surface area contributed by atoms with Gasteiger partial charge in [-0.15, -0.1) is 0 Å². The van der Waals surface area contributed by atoms with Gasteiger partial charge < -0.3 is 5.73 Å². The van der Waals surface area contributed by atoms with Crippen LogP contribution in [0.15, 0.2) is 42.7 Å². The van der Waals surface area contributed by atoms with E-state index in [2.05, 4.69) is 4.98 Å². The number of nitrogen functional groups attached to an aromatic ring is 1. The quantitative estimate of drug-likeness (QED) is 0.668. The van der Waals surface area contributed by atoms with Crippen molar-refractivity contribution >= 4 is 16.7 Å². The second-order valence-corrected chi connectivity index (χ2v) is 9.97. The number of hydrogen-bond acceptors (Lipinski definition) is 3. The van der Waals surface area contributed by atoms with Crippen molar-refractivity contribution < 1.29 is 8.60 Å². The lowest BCUT2D eigenvalue weighted by molar-refractivity contribution is 0.370. The lowest BCUT2D eigenvalue weighted by Gasteiger charge is -2.40. The number of nitrogens with two attached hydrogens (primary N) is 2. The summed E-state index contributed by atoms with van der Waals surface area (Å²) in [6.45, 7) is 3.84. The Balaban J connectivity index is 2.16. The normalized spacial score (nSPS) is 18.1. The molecule has 1 aliphatic rings. The topological polar surface area (TPSA) is 82.0 Å². The molecule has 0 saturated heterocycles. The summed E-state index contributed by atoms with van der Waals surface area (Å²) < 4.78 is 25.5. The van der Waals surface area contributed by atoms with Gasteiger partial charge in [0.25, 0.3) is 0 Å². The number of hydrogen-bond donors (Lipinski definition) is 2. The van der Waals surface area contributed by atoms with E-state index in [-0.39, 0.29) is 5.69 Å². The molecule has 1 aromatic carbocycles. The Kier molecular flexibility index (Phi) is 5.68. The van der Waals surface area contributed by atoms with Gasteiger partial charge >= 0.3 is 0 Å². The van der Waals surface area contributed by atoms with Crippen molar-refractivity contribution in [1.29, 1.82) is 0 Å². The SMILES string of the molecule is CC(C)(CC(CCC1CC1)(c1ccncc1)c1ccc(F)c(N)c1)S(N)=O. The predicted molar refractivity (Wildman–Crippen MR) is 109 cm³/mol. The first-order chi connectivity index (χ1) is 12.7. The Bertz CT molecular complexity index is 823. The maximum atomic E-state index is 13.9. The van der Waals surface area contributed by atoms with Gasteiger partial charge in [-0.05, 0) is 74.4 Å². The van der Waals surface area contributed by atoms with E-state index in [4.69, 9.17) is 10.9 Å². The smallest absolute Gasteiger partial charge is 0.146 e. The summed E-state index contributed by atoms with van der Waals surface area (Å²) in [5, 5.41) is 5.83. The zero-order valence-electron chi connectivity index (χ0n) is 16.0. The molecule has 1 heterocycles. The van der Waals surface area contributed by atoms with E-state index in [1.54, 1.807) is 24.5 Å². The summed E-state index contributed by atoms with van der Waals surface area (Å²) in [6.07, 6.45) is 8.54. The third-order valence-electron chi connectivity index (χ3n) is 5.73. The van der Waals surface area contributed by atoms with Crippen molar-refractivity contribution in [3.63, 3.8) is 0 Å². The van der Waals surface area contributed by atoms with Crippen LogP contribution in [0.25, 0.3) is 0 Å². The third kappa shape index (κ3) is 4.38. The Hall–Kier alpha value is -1.79. The maximum Gasteiger partial charge on any atom is 0.146 e. The van der Waals surface area contributed by atoms with Crippen LogP contribution >= 0.6 is 0 Å². The van der Waals surface area contributed by atoms with Gasteiger partial charge in [-0.2, -0.15) is 0 Å². The van der Waals surface area contributed by atoms with Crippen LogP contribution in [0, 0.1) is 11.7 Å². The molecule has 0 bridgehead atoms. The summed E-state index contributed by atoms with van der Waals surface area (Å²) >= 11 is 0. The van der Waals surface area contributed by atoms with Gasteiger partial charge in [-0.3, -0.25) is 10.1 Å². The van der Waals surface area contributed by atoms with Crippen molar-refractivity contribution in [1.82, 2.24) is 4.98 Å². The van der Waals surface area contributed by atoms with Gasteiger partial charge in [0, 0.05) is 17.8 Å². The highest BCUT2D eigenvalue weighted by Gasteiger charge is 2.42. The number of pyridine rings is 1. The number of rotatable bonds is 8. The zero-order valence-corrected chi connectivity index (χ0v) is 16.8. The van der Waals surface area contributed by atoms with Gasteiger partial charge in [-0.1, -0.05) is 18.9 Å². The average Bonchev–Trinajstić information content (AvgIpc) is 3.46. The van der Waals surface area contributed by atoms with Gasteiger partial charge in [0.1, 0.15) is 5.82 Å². The molecule has 1 aliphatic carbocycles. The van der Waals surface area contributed by atoms with Gasteiger partial charge in [-0.25, -0.2) is 8.60 Å². The molecule has 2 atom stereocenters. The summed E-state index contributed by atoms with van der Waals surface area (Å²) in [4.78, 5) is 4.15. The largest absolute Gasteiger partial charge is 0.396 e. The lowest BCUT2D eigenvalue weighted by Crippen LogP contribution is -2.42. The maximum absolute atomic E-state index is 13.9. The molecule has 6 heteroatoms. The first-order valence-electron chi connectivity index (χ1n) is 9.37. The molecule has 0 spiro atoms. The van der Waals surface area contributed by atoms with E-state index in [0.29, 0.717) is 6.42 Å². The van der Waals surface area contributed by atoms with Crippen LogP contribution in [0.2, 0.25) is 0 Å². The number of halogens is 1. The monoisotopic (exact) mass is 389 g/mol. The lowest BCUT2D eigenvalue weighted by atomic mass is 9.66. The fourth-order valence-corrected chi connectivity index (χ4v) is 4.30. The number of anilines is 1. The molecule has 27 heavy (non-hydrogen) atoms. The van der Waals surface area contributed by atoms with Crippen LogP contribution in [0.5, 0.6) is 0 Å². The van der Waals surface area contributed by atoms with E-state index in [9.17, 15) is 8.60 Å². The second kappa shape index (κ2) is 7.68. The van der Waals surface area contributed by atoms with Crippen molar-refractivity contribution in [3.05, 3.63) is 59.7 Å². The van der Waals surface area contributed by atoms with Crippen molar-refractivity contribution in [3.8, 4) is 0 Å². The Labute approximate surface area is 163 Å². The minimum atomic E-state index is -1.50. The van der Waals surface area contributed by atoms with Crippen LogP contribution in [-0.4, -0.2) is 13.9 Å². The van der Waals surface area contributed by atoms with Gasteiger partial charge in [0.05, 0.1) is 21.4 Å². The Morgan fingerprint density at radius 1 is 1.19 bits per heavy atom. The highest BCUT2D eigenvalue weighted by atomic mass is 32.2. The van der Waals surface area contributed by atoms with Crippen LogP contribution in [-0.2, 0) is 16.4 Å². The highest BCUT2D eigenvalue weighted by molar-refractivity contribution is 7.84. The molecule has 146 valence electrons. The van der Waals surface area contributed by atoms with Crippen molar-refractivity contribution in [2.24, 2.45) is 11.1 Å².